The Morgan fingerprint density at radius 2 is 1.80 bits per heavy atom. The third-order valence-electron chi connectivity index (χ3n) is 3.09. The van der Waals surface area contributed by atoms with Gasteiger partial charge in [-0.1, -0.05) is 54.1 Å². The van der Waals surface area contributed by atoms with E-state index in [1.165, 1.54) is 0 Å². The molecular weight excluding hydrogens is 288 g/mol. The van der Waals surface area contributed by atoms with Crippen molar-refractivity contribution in [1.82, 2.24) is 4.98 Å². The third kappa shape index (κ3) is 2.61. The van der Waals surface area contributed by atoms with Crippen molar-refractivity contribution in [3.8, 4) is 21.8 Å². The lowest BCUT2D eigenvalue weighted by Gasteiger charge is -2.00. The van der Waals surface area contributed by atoms with E-state index in [4.69, 9.17) is 17.3 Å². The number of rotatable bonds is 3. The summed E-state index contributed by atoms with van der Waals surface area (Å²) in [6.07, 6.45) is 0. The molecule has 2 N–H and O–H groups in total. The number of hydrogen-bond donors (Lipinski definition) is 1. The highest BCUT2D eigenvalue weighted by Crippen LogP contribution is 2.32. The van der Waals surface area contributed by atoms with Gasteiger partial charge in [-0.2, -0.15) is 0 Å². The number of nitrogens with zero attached hydrogens (tertiary/aromatic N) is 1. The molecule has 2 nitrogen and oxygen atoms in total. The highest BCUT2D eigenvalue weighted by Gasteiger charge is 2.09. The van der Waals surface area contributed by atoms with Gasteiger partial charge in [0.1, 0.15) is 5.01 Å². The Labute approximate surface area is 126 Å². The third-order valence-corrected chi connectivity index (χ3v) is 4.31. The molecule has 0 aliphatic carbocycles. The first-order valence-corrected chi connectivity index (χ1v) is 7.53. The molecule has 0 fully saturated rings. The second-order valence-corrected chi connectivity index (χ2v) is 5.68. The number of hydrogen-bond acceptors (Lipinski definition) is 3. The van der Waals surface area contributed by atoms with Crippen molar-refractivity contribution in [2.75, 3.05) is 0 Å². The van der Waals surface area contributed by atoms with Gasteiger partial charge >= 0.3 is 0 Å². The first-order chi connectivity index (χ1) is 9.78. The fourth-order valence-electron chi connectivity index (χ4n) is 1.98. The molecule has 4 heteroatoms. The minimum Gasteiger partial charge on any atom is -0.326 e. The second kappa shape index (κ2) is 5.75. The van der Waals surface area contributed by atoms with E-state index < -0.39 is 0 Å². The van der Waals surface area contributed by atoms with Gasteiger partial charge in [-0.05, 0) is 11.6 Å². The van der Waals surface area contributed by atoms with Crippen LogP contribution in [0.3, 0.4) is 0 Å². The van der Waals surface area contributed by atoms with E-state index in [1.807, 2.05) is 41.8 Å². The van der Waals surface area contributed by atoms with Crippen LogP contribution < -0.4 is 5.73 Å². The molecule has 100 valence electrons. The predicted octanol–water partition coefficient (Wildman–Crippen LogP) is 4.59. The highest BCUT2D eigenvalue weighted by molar-refractivity contribution is 7.13. The van der Waals surface area contributed by atoms with Crippen molar-refractivity contribution in [2.45, 2.75) is 6.54 Å². The van der Waals surface area contributed by atoms with Crippen LogP contribution in [0, 0.1) is 0 Å². The Kier molecular flexibility index (Phi) is 3.83. The molecule has 0 saturated carbocycles. The molecule has 1 aromatic heterocycles. The summed E-state index contributed by atoms with van der Waals surface area (Å²) in [7, 11) is 0. The molecular formula is C16H13ClN2S. The van der Waals surface area contributed by atoms with Gasteiger partial charge in [0.05, 0.1) is 5.69 Å². The first-order valence-electron chi connectivity index (χ1n) is 6.28. The number of aromatic nitrogens is 1. The Balaban J connectivity index is 1.95. The lowest BCUT2D eigenvalue weighted by atomic mass is 10.1. The Hall–Kier alpha value is -1.68. The number of halogens is 1. The van der Waals surface area contributed by atoms with Crippen LogP contribution in [-0.4, -0.2) is 4.98 Å². The maximum Gasteiger partial charge on any atom is 0.124 e. The van der Waals surface area contributed by atoms with Crippen LogP contribution in [0.4, 0.5) is 0 Å². The van der Waals surface area contributed by atoms with E-state index in [1.54, 1.807) is 11.3 Å². The maximum atomic E-state index is 6.20. The summed E-state index contributed by atoms with van der Waals surface area (Å²) in [6.45, 7) is 0.559. The smallest absolute Gasteiger partial charge is 0.124 e. The largest absolute Gasteiger partial charge is 0.326 e. The fourth-order valence-corrected chi connectivity index (χ4v) is 3.04. The van der Waals surface area contributed by atoms with Crippen molar-refractivity contribution >= 4 is 22.9 Å². The van der Waals surface area contributed by atoms with Gasteiger partial charge in [-0.15, -0.1) is 11.3 Å². The van der Waals surface area contributed by atoms with Crippen LogP contribution in [0.5, 0.6) is 0 Å². The zero-order valence-electron chi connectivity index (χ0n) is 10.7. The Bertz CT molecular complexity index is 719. The maximum absolute atomic E-state index is 6.20. The van der Waals surface area contributed by atoms with Crippen LogP contribution in [-0.2, 0) is 6.54 Å². The fraction of sp³-hybridized carbons (Fsp3) is 0.0625. The van der Waals surface area contributed by atoms with Gasteiger partial charge in [0.2, 0.25) is 0 Å². The predicted molar refractivity (Wildman–Crippen MR) is 85.9 cm³/mol. The van der Waals surface area contributed by atoms with E-state index in [2.05, 4.69) is 17.1 Å². The van der Waals surface area contributed by atoms with E-state index in [-0.39, 0.29) is 0 Å². The molecule has 0 saturated heterocycles. The SMILES string of the molecule is NCc1ccc(-c2nc(-c3ccccc3Cl)cs2)cc1. The van der Waals surface area contributed by atoms with Gasteiger partial charge in [-0.3, -0.25) is 0 Å². The quantitative estimate of drug-likeness (QED) is 0.768. The number of benzene rings is 2. The van der Waals surface area contributed by atoms with Crippen LogP contribution in [0.15, 0.2) is 53.9 Å². The summed E-state index contributed by atoms with van der Waals surface area (Å²) in [5, 5.41) is 3.75. The molecule has 3 rings (SSSR count). The lowest BCUT2D eigenvalue weighted by Crippen LogP contribution is -1.95. The van der Waals surface area contributed by atoms with Gasteiger partial charge in [-0.25, -0.2) is 4.98 Å². The monoisotopic (exact) mass is 300 g/mol. The van der Waals surface area contributed by atoms with Crippen LogP contribution in [0.1, 0.15) is 5.56 Å². The van der Waals surface area contributed by atoms with Crippen molar-refractivity contribution in [3.63, 3.8) is 0 Å². The molecule has 1 heterocycles. The Morgan fingerprint density at radius 1 is 1.05 bits per heavy atom. The average molecular weight is 301 g/mol. The van der Waals surface area contributed by atoms with E-state index in [0.29, 0.717) is 6.54 Å². The van der Waals surface area contributed by atoms with Gasteiger partial charge in [0.25, 0.3) is 0 Å². The van der Waals surface area contributed by atoms with Crippen LogP contribution in [0.25, 0.3) is 21.8 Å². The van der Waals surface area contributed by atoms with E-state index >= 15 is 0 Å². The molecule has 0 bridgehead atoms. The van der Waals surface area contributed by atoms with E-state index in [0.717, 1.165) is 32.4 Å². The molecule has 0 aliphatic heterocycles. The topological polar surface area (TPSA) is 38.9 Å². The summed E-state index contributed by atoms with van der Waals surface area (Å²) >= 11 is 7.82. The zero-order chi connectivity index (χ0) is 13.9. The van der Waals surface area contributed by atoms with Crippen molar-refractivity contribution in [1.29, 1.82) is 0 Å². The summed E-state index contributed by atoms with van der Waals surface area (Å²) < 4.78 is 0. The molecule has 0 amide bonds. The van der Waals surface area contributed by atoms with E-state index in [9.17, 15) is 0 Å². The normalized spacial score (nSPS) is 10.7. The molecule has 0 spiro atoms. The molecule has 20 heavy (non-hydrogen) atoms. The zero-order valence-corrected chi connectivity index (χ0v) is 12.3. The summed E-state index contributed by atoms with van der Waals surface area (Å²) in [5.74, 6) is 0. The average Bonchev–Trinajstić information content (AvgIpc) is 2.97. The second-order valence-electron chi connectivity index (χ2n) is 4.42. The molecule has 3 aromatic rings. The van der Waals surface area contributed by atoms with Crippen LogP contribution >= 0.6 is 22.9 Å². The first kappa shape index (κ1) is 13.3. The van der Waals surface area contributed by atoms with Crippen LogP contribution in [0.2, 0.25) is 5.02 Å². The Morgan fingerprint density at radius 3 is 2.50 bits per heavy atom. The molecule has 0 radical (unpaired) electrons. The van der Waals surface area contributed by atoms with Crippen molar-refractivity contribution < 1.29 is 0 Å². The molecule has 0 atom stereocenters. The highest BCUT2D eigenvalue weighted by atomic mass is 35.5. The minimum absolute atomic E-state index is 0.559. The minimum atomic E-state index is 0.559. The molecule has 0 aliphatic rings. The van der Waals surface area contributed by atoms with Gasteiger partial charge < -0.3 is 5.73 Å². The van der Waals surface area contributed by atoms with Crippen molar-refractivity contribution in [3.05, 3.63) is 64.5 Å². The summed E-state index contributed by atoms with van der Waals surface area (Å²) in [5.41, 5.74) is 9.71. The number of nitrogens with two attached hydrogens (primary N) is 1. The molecule has 0 unspecified atom stereocenters. The van der Waals surface area contributed by atoms with Crippen molar-refractivity contribution in [2.24, 2.45) is 5.73 Å². The molecule has 2 aromatic carbocycles. The summed E-state index contributed by atoms with van der Waals surface area (Å²) in [6, 6.07) is 15.9. The standard InChI is InChI=1S/C16H13ClN2S/c17-14-4-2-1-3-13(14)15-10-20-16(19-15)12-7-5-11(9-18)6-8-12/h1-8,10H,9,18H2. The summed E-state index contributed by atoms with van der Waals surface area (Å²) in [4.78, 5) is 4.67. The van der Waals surface area contributed by atoms with Gasteiger partial charge in [0.15, 0.2) is 0 Å². The number of thiazole rings is 1. The van der Waals surface area contributed by atoms with Gasteiger partial charge in [0, 0.05) is 28.1 Å². The lowest BCUT2D eigenvalue weighted by molar-refractivity contribution is 1.07.